The average molecular weight is 391 g/mol. The van der Waals surface area contributed by atoms with Gasteiger partial charge in [-0.3, -0.25) is 4.79 Å². The summed E-state index contributed by atoms with van der Waals surface area (Å²) in [5, 5.41) is 2.84. The second-order valence-corrected chi connectivity index (χ2v) is 8.26. The monoisotopic (exact) mass is 391 g/mol. The minimum Gasteiger partial charge on any atom is -0.497 e. The Balaban J connectivity index is 2.15. The van der Waals surface area contributed by atoms with Crippen molar-refractivity contribution in [1.29, 1.82) is 0 Å². The van der Waals surface area contributed by atoms with E-state index < -0.39 is 16.1 Å². The minimum atomic E-state index is -3.81. The van der Waals surface area contributed by atoms with E-state index in [0.29, 0.717) is 5.69 Å². The number of para-hydroxylation sites is 1. The molecule has 0 saturated heterocycles. The van der Waals surface area contributed by atoms with Crippen molar-refractivity contribution in [2.75, 3.05) is 32.1 Å². The largest absolute Gasteiger partial charge is 0.497 e. The first kappa shape index (κ1) is 20.7. The first-order valence-electron chi connectivity index (χ1n) is 8.44. The number of nitrogens with zero attached hydrogens (tertiary/aromatic N) is 2. The van der Waals surface area contributed by atoms with E-state index in [2.05, 4.69) is 5.32 Å². The molecule has 7 nitrogen and oxygen atoms in total. The van der Waals surface area contributed by atoms with Crippen LogP contribution in [0.4, 0.5) is 5.69 Å². The molecule has 1 amide bonds. The lowest BCUT2D eigenvalue weighted by atomic mass is 10.1. The SMILES string of the molecule is COc1ccc([C@@H](C)NC(=O)CN(c2ccccc2)S(=O)(=O)N(C)C)cc1. The molecule has 0 heterocycles. The zero-order valence-corrected chi connectivity index (χ0v) is 16.7. The Labute approximate surface area is 160 Å². The number of hydrogen-bond acceptors (Lipinski definition) is 4. The smallest absolute Gasteiger partial charge is 0.304 e. The topological polar surface area (TPSA) is 79.0 Å². The van der Waals surface area contributed by atoms with Gasteiger partial charge in [0.25, 0.3) is 0 Å². The van der Waals surface area contributed by atoms with Crippen LogP contribution in [0.25, 0.3) is 0 Å². The number of hydrogen-bond donors (Lipinski definition) is 1. The molecule has 8 heteroatoms. The summed E-state index contributed by atoms with van der Waals surface area (Å²) in [5.41, 5.74) is 1.32. The van der Waals surface area contributed by atoms with Gasteiger partial charge in [0, 0.05) is 14.1 Å². The van der Waals surface area contributed by atoms with Crippen LogP contribution in [0.3, 0.4) is 0 Å². The third-order valence-corrected chi connectivity index (χ3v) is 5.88. The van der Waals surface area contributed by atoms with E-state index in [0.717, 1.165) is 19.9 Å². The molecule has 0 fully saturated rings. The normalized spacial score (nSPS) is 12.5. The summed E-state index contributed by atoms with van der Waals surface area (Å²) in [6.45, 7) is 1.53. The van der Waals surface area contributed by atoms with Crippen LogP contribution in [0.5, 0.6) is 5.75 Å². The molecule has 2 rings (SSSR count). The highest BCUT2D eigenvalue weighted by molar-refractivity contribution is 7.90. The Morgan fingerprint density at radius 2 is 1.67 bits per heavy atom. The van der Waals surface area contributed by atoms with Crippen LogP contribution in [0.15, 0.2) is 54.6 Å². The van der Waals surface area contributed by atoms with Crippen LogP contribution in [-0.2, 0) is 15.0 Å². The van der Waals surface area contributed by atoms with Crippen molar-refractivity contribution in [3.63, 3.8) is 0 Å². The molecule has 0 saturated carbocycles. The number of anilines is 1. The predicted molar refractivity (Wildman–Crippen MR) is 106 cm³/mol. The number of benzene rings is 2. The van der Waals surface area contributed by atoms with Crippen molar-refractivity contribution in [2.24, 2.45) is 0 Å². The molecular weight excluding hydrogens is 366 g/mol. The molecule has 1 N–H and O–H groups in total. The Hall–Kier alpha value is -2.58. The van der Waals surface area contributed by atoms with Gasteiger partial charge in [-0.1, -0.05) is 30.3 Å². The summed E-state index contributed by atoms with van der Waals surface area (Å²) in [5.74, 6) is 0.331. The fourth-order valence-corrected chi connectivity index (χ4v) is 3.55. The number of carbonyl (C=O) groups excluding carboxylic acids is 1. The molecule has 146 valence electrons. The summed E-state index contributed by atoms with van der Waals surface area (Å²) in [7, 11) is 0.647. The van der Waals surface area contributed by atoms with E-state index in [1.165, 1.54) is 14.1 Å². The van der Waals surface area contributed by atoms with E-state index in [-0.39, 0.29) is 12.6 Å². The van der Waals surface area contributed by atoms with Crippen molar-refractivity contribution in [1.82, 2.24) is 9.62 Å². The Morgan fingerprint density at radius 1 is 1.07 bits per heavy atom. The number of amides is 1. The molecule has 0 aliphatic rings. The zero-order chi connectivity index (χ0) is 20.0. The Kier molecular flexibility index (Phi) is 6.81. The number of nitrogens with one attached hydrogen (secondary N) is 1. The zero-order valence-electron chi connectivity index (χ0n) is 15.9. The van der Waals surface area contributed by atoms with Crippen molar-refractivity contribution >= 4 is 21.8 Å². The first-order valence-corrected chi connectivity index (χ1v) is 9.84. The summed E-state index contributed by atoms with van der Waals surface area (Å²) < 4.78 is 32.6. The van der Waals surface area contributed by atoms with Crippen molar-refractivity contribution < 1.29 is 17.9 Å². The summed E-state index contributed by atoms with van der Waals surface area (Å²) in [6.07, 6.45) is 0. The van der Waals surface area contributed by atoms with Crippen LogP contribution < -0.4 is 14.4 Å². The minimum absolute atomic E-state index is 0.275. The van der Waals surface area contributed by atoms with Crippen LogP contribution in [0.2, 0.25) is 0 Å². The van der Waals surface area contributed by atoms with Gasteiger partial charge < -0.3 is 10.1 Å². The highest BCUT2D eigenvalue weighted by Gasteiger charge is 2.27. The lowest BCUT2D eigenvalue weighted by Crippen LogP contribution is -2.46. The second-order valence-electron chi connectivity index (χ2n) is 6.19. The van der Waals surface area contributed by atoms with E-state index in [1.54, 1.807) is 37.4 Å². The fraction of sp³-hybridized carbons (Fsp3) is 0.316. The maximum absolute atomic E-state index is 12.7. The summed E-state index contributed by atoms with van der Waals surface area (Å²) >= 11 is 0. The summed E-state index contributed by atoms with van der Waals surface area (Å²) in [6, 6.07) is 15.6. The van der Waals surface area contributed by atoms with Crippen LogP contribution >= 0.6 is 0 Å². The summed E-state index contributed by atoms with van der Waals surface area (Å²) in [4.78, 5) is 12.5. The van der Waals surface area contributed by atoms with E-state index in [1.807, 2.05) is 31.2 Å². The van der Waals surface area contributed by atoms with E-state index in [4.69, 9.17) is 4.74 Å². The Morgan fingerprint density at radius 3 is 2.19 bits per heavy atom. The number of ether oxygens (including phenoxy) is 1. The van der Waals surface area contributed by atoms with E-state index >= 15 is 0 Å². The van der Waals surface area contributed by atoms with Gasteiger partial charge in [0.15, 0.2) is 0 Å². The molecule has 0 aromatic heterocycles. The lowest BCUT2D eigenvalue weighted by Gasteiger charge is -2.27. The van der Waals surface area contributed by atoms with Gasteiger partial charge in [-0.25, -0.2) is 4.31 Å². The highest BCUT2D eigenvalue weighted by atomic mass is 32.2. The molecule has 0 unspecified atom stereocenters. The van der Waals surface area contributed by atoms with Gasteiger partial charge >= 0.3 is 10.2 Å². The van der Waals surface area contributed by atoms with Gasteiger partial charge in [0.2, 0.25) is 5.91 Å². The predicted octanol–water partition coefficient (Wildman–Crippen LogP) is 2.19. The Bertz CT molecular complexity index is 852. The quantitative estimate of drug-likeness (QED) is 0.748. The highest BCUT2D eigenvalue weighted by Crippen LogP contribution is 2.20. The van der Waals surface area contributed by atoms with Gasteiger partial charge in [0.05, 0.1) is 18.8 Å². The van der Waals surface area contributed by atoms with E-state index in [9.17, 15) is 13.2 Å². The molecule has 0 aliphatic carbocycles. The molecule has 2 aromatic rings. The van der Waals surface area contributed by atoms with Crippen molar-refractivity contribution in [2.45, 2.75) is 13.0 Å². The molecule has 0 radical (unpaired) electrons. The van der Waals surface area contributed by atoms with Gasteiger partial charge in [0.1, 0.15) is 12.3 Å². The molecule has 0 bridgehead atoms. The number of rotatable bonds is 8. The third-order valence-electron chi connectivity index (χ3n) is 4.06. The standard InChI is InChI=1S/C19H25N3O4S/c1-15(16-10-12-18(26-4)13-11-16)20-19(23)14-22(27(24,25)21(2)3)17-8-6-5-7-9-17/h5-13,15H,14H2,1-4H3,(H,20,23)/t15-/m1/s1. The van der Waals surface area contributed by atoms with Crippen molar-refractivity contribution in [3.05, 3.63) is 60.2 Å². The third kappa shape index (κ3) is 5.21. The lowest BCUT2D eigenvalue weighted by molar-refractivity contribution is -0.120. The van der Waals surface area contributed by atoms with Gasteiger partial charge in [-0.2, -0.15) is 12.7 Å². The molecule has 27 heavy (non-hydrogen) atoms. The fourth-order valence-electron chi connectivity index (χ4n) is 2.49. The van der Waals surface area contributed by atoms with Gasteiger partial charge in [-0.05, 0) is 36.8 Å². The van der Waals surface area contributed by atoms with Gasteiger partial charge in [-0.15, -0.1) is 0 Å². The number of carbonyl (C=O) groups is 1. The molecule has 0 aliphatic heterocycles. The van der Waals surface area contributed by atoms with Crippen LogP contribution in [-0.4, -0.2) is 46.4 Å². The molecule has 2 aromatic carbocycles. The molecule has 0 spiro atoms. The molecular formula is C19H25N3O4S. The van der Waals surface area contributed by atoms with Crippen LogP contribution in [0.1, 0.15) is 18.5 Å². The first-order chi connectivity index (χ1) is 12.8. The molecule has 1 atom stereocenters. The number of methoxy groups -OCH3 is 1. The van der Waals surface area contributed by atoms with Crippen molar-refractivity contribution in [3.8, 4) is 5.75 Å². The maximum Gasteiger partial charge on any atom is 0.304 e. The maximum atomic E-state index is 12.7. The van der Waals surface area contributed by atoms with Crippen LogP contribution in [0, 0.1) is 0 Å². The second kappa shape index (κ2) is 8.88. The average Bonchev–Trinajstić information content (AvgIpc) is 2.66.